The Morgan fingerprint density at radius 3 is 2.92 bits per heavy atom. The van der Waals surface area contributed by atoms with Gasteiger partial charge in [0, 0.05) is 25.4 Å². The maximum Gasteiger partial charge on any atom is 0.167 e. The van der Waals surface area contributed by atoms with E-state index in [2.05, 4.69) is 11.1 Å². The van der Waals surface area contributed by atoms with Crippen LogP contribution in [-0.2, 0) is 13.0 Å². The third kappa shape index (κ3) is 2.90. The molecule has 5 nitrogen and oxygen atoms in total. The van der Waals surface area contributed by atoms with E-state index in [4.69, 9.17) is 4.74 Å². The predicted molar refractivity (Wildman–Crippen MR) is 91.7 cm³/mol. The van der Waals surface area contributed by atoms with Crippen LogP contribution in [0.1, 0.15) is 33.5 Å². The topological polar surface area (TPSA) is 67.9 Å². The first-order valence-electron chi connectivity index (χ1n) is 8.06. The van der Waals surface area contributed by atoms with Gasteiger partial charge >= 0.3 is 0 Å². The normalized spacial score (nSPS) is 12.7. The monoisotopic (exact) mass is 329 g/mol. The van der Waals surface area contributed by atoms with Gasteiger partial charge in [-0.2, -0.15) is 5.26 Å². The number of carbonyl (C=O) groups is 1. The number of hydrogen-bond donors (Lipinski definition) is 0. The summed E-state index contributed by atoms with van der Waals surface area (Å²) in [7, 11) is 0. The van der Waals surface area contributed by atoms with Crippen molar-refractivity contribution in [2.24, 2.45) is 0 Å². The van der Waals surface area contributed by atoms with E-state index in [-0.39, 0.29) is 5.78 Å². The van der Waals surface area contributed by atoms with Crippen molar-refractivity contribution in [3.63, 3.8) is 0 Å². The van der Waals surface area contributed by atoms with Crippen molar-refractivity contribution in [2.45, 2.75) is 19.4 Å². The van der Waals surface area contributed by atoms with Crippen molar-refractivity contribution in [3.8, 4) is 17.6 Å². The first-order valence-corrected chi connectivity index (χ1v) is 8.06. The van der Waals surface area contributed by atoms with Crippen LogP contribution in [0, 0.1) is 11.3 Å². The number of nitriles is 1. The Morgan fingerprint density at radius 1 is 1.20 bits per heavy atom. The van der Waals surface area contributed by atoms with Gasteiger partial charge in [0.1, 0.15) is 17.6 Å². The quantitative estimate of drug-likeness (QED) is 0.731. The second kappa shape index (κ2) is 6.25. The van der Waals surface area contributed by atoms with E-state index in [9.17, 15) is 10.1 Å². The summed E-state index contributed by atoms with van der Waals surface area (Å²) in [6.45, 7) is 0.633. The molecule has 25 heavy (non-hydrogen) atoms. The molecule has 122 valence electrons. The molecule has 0 radical (unpaired) electrons. The fourth-order valence-corrected chi connectivity index (χ4v) is 3.11. The lowest BCUT2D eigenvalue weighted by atomic mass is 10.1. The molecule has 0 saturated heterocycles. The number of rotatable bonds is 4. The van der Waals surface area contributed by atoms with Crippen LogP contribution in [0.25, 0.3) is 0 Å². The molecule has 3 aromatic rings. The van der Waals surface area contributed by atoms with Crippen LogP contribution in [0.15, 0.2) is 55.1 Å². The molecule has 0 N–H and O–H groups in total. The standard InChI is InChI=1S/C20H15N3O2/c21-11-16-5-4-14(12-23-9-8-22-13-23)10-19(16)25-18-3-1-2-15-6-7-17(24)20(15)18/h1-5,8-10,13H,6-7,12H2. The number of imidazole rings is 1. The predicted octanol–water partition coefficient (Wildman–Crippen LogP) is 3.72. The molecule has 1 aliphatic carbocycles. The first-order chi connectivity index (χ1) is 12.2. The summed E-state index contributed by atoms with van der Waals surface area (Å²) in [5, 5.41) is 9.38. The molecular weight excluding hydrogens is 314 g/mol. The van der Waals surface area contributed by atoms with Gasteiger partial charge in [-0.1, -0.05) is 18.2 Å². The number of ketones is 1. The molecule has 4 rings (SSSR count). The van der Waals surface area contributed by atoms with Gasteiger partial charge in [0.05, 0.1) is 17.5 Å². The van der Waals surface area contributed by atoms with Gasteiger partial charge in [0.15, 0.2) is 5.78 Å². The van der Waals surface area contributed by atoms with Gasteiger partial charge in [0.25, 0.3) is 0 Å². The number of carbonyl (C=O) groups excluding carboxylic acids is 1. The van der Waals surface area contributed by atoms with E-state index in [1.165, 1.54) is 0 Å². The van der Waals surface area contributed by atoms with E-state index < -0.39 is 0 Å². The molecule has 5 heteroatoms. The number of nitrogens with zero attached hydrogens (tertiary/aromatic N) is 3. The molecule has 1 aliphatic rings. The number of ether oxygens (including phenoxy) is 1. The van der Waals surface area contributed by atoms with Crippen molar-refractivity contribution >= 4 is 5.78 Å². The number of benzene rings is 2. The Morgan fingerprint density at radius 2 is 2.12 bits per heavy atom. The molecule has 0 amide bonds. The highest BCUT2D eigenvalue weighted by molar-refractivity contribution is 6.03. The zero-order chi connectivity index (χ0) is 17.2. The van der Waals surface area contributed by atoms with E-state index >= 15 is 0 Å². The van der Waals surface area contributed by atoms with Crippen molar-refractivity contribution < 1.29 is 9.53 Å². The summed E-state index contributed by atoms with van der Waals surface area (Å²) in [6, 6.07) is 13.3. The zero-order valence-electron chi connectivity index (χ0n) is 13.5. The highest BCUT2D eigenvalue weighted by atomic mass is 16.5. The minimum absolute atomic E-state index is 0.0960. The van der Waals surface area contributed by atoms with E-state index in [1.807, 2.05) is 35.0 Å². The molecule has 1 heterocycles. The van der Waals surface area contributed by atoms with Gasteiger partial charge in [-0.15, -0.1) is 0 Å². The number of aromatic nitrogens is 2. The zero-order valence-corrected chi connectivity index (χ0v) is 13.5. The number of aryl methyl sites for hydroxylation is 1. The van der Waals surface area contributed by atoms with Crippen LogP contribution < -0.4 is 4.74 Å². The molecule has 0 saturated carbocycles. The Labute approximate surface area is 145 Å². The molecule has 0 spiro atoms. The lowest BCUT2D eigenvalue weighted by molar-refractivity contribution is 0.0992. The second-order valence-electron chi connectivity index (χ2n) is 5.99. The van der Waals surface area contributed by atoms with Crippen LogP contribution >= 0.6 is 0 Å². The maximum absolute atomic E-state index is 12.2. The van der Waals surface area contributed by atoms with E-state index in [1.54, 1.807) is 24.7 Å². The summed E-state index contributed by atoms with van der Waals surface area (Å²) in [5.74, 6) is 1.09. The van der Waals surface area contributed by atoms with E-state index in [0.717, 1.165) is 17.5 Å². The third-order valence-corrected chi connectivity index (χ3v) is 4.32. The Hall–Kier alpha value is -3.39. The van der Waals surface area contributed by atoms with Gasteiger partial charge < -0.3 is 9.30 Å². The molecule has 0 bridgehead atoms. The molecular formula is C20H15N3O2. The molecule has 0 aliphatic heterocycles. The van der Waals surface area contributed by atoms with Crippen LogP contribution in [0.2, 0.25) is 0 Å². The highest BCUT2D eigenvalue weighted by Crippen LogP contribution is 2.35. The summed E-state index contributed by atoms with van der Waals surface area (Å²) < 4.78 is 7.94. The van der Waals surface area contributed by atoms with Crippen LogP contribution in [0.3, 0.4) is 0 Å². The van der Waals surface area contributed by atoms with Gasteiger partial charge in [-0.05, 0) is 35.7 Å². The largest absolute Gasteiger partial charge is 0.455 e. The van der Waals surface area contributed by atoms with Crippen LogP contribution in [0.5, 0.6) is 11.5 Å². The van der Waals surface area contributed by atoms with Crippen molar-refractivity contribution in [2.75, 3.05) is 0 Å². The van der Waals surface area contributed by atoms with Crippen molar-refractivity contribution in [1.82, 2.24) is 9.55 Å². The average Bonchev–Trinajstić information content (AvgIpc) is 3.26. The summed E-state index contributed by atoms with van der Waals surface area (Å²) in [6.07, 6.45) is 6.60. The van der Waals surface area contributed by atoms with Crippen molar-refractivity contribution in [1.29, 1.82) is 5.26 Å². The average molecular weight is 329 g/mol. The van der Waals surface area contributed by atoms with Gasteiger partial charge in [0.2, 0.25) is 0 Å². The molecule has 0 fully saturated rings. The summed E-state index contributed by atoms with van der Waals surface area (Å²) >= 11 is 0. The molecule has 0 unspecified atom stereocenters. The van der Waals surface area contributed by atoms with Gasteiger partial charge in [-0.25, -0.2) is 4.98 Å². The number of Topliss-reactive ketones (excluding diaryl/α,β-unsaturated/α-hetero) is 1. The SMILES string of the molecule is N#Cc1ccc(Cn2ccnc2)cc1Oc1cccc2c1C(=O)CC2. The lowest BCUT2D eigenvalue weighted by Crippen LogP contribution is -2.00. The Kier molecular flexibility index (Phi) is 3.79. The van der Waals surface area contributed by atoms with Crippen LogP contribution in [-0.4, -0.2) is 15.3 Å². The molecule has 1 aromatic heterocycles. The van der Waals surface area contributed by atoms with Gasteiger partial charge in [-0.3, -0.25) is 4.79 Å². The second-order valence-corrected chi connectivity index (χ2v) is 5.99. The molecule has 2 aromatic carbocycles. The summed E-state index contributed by atoms with van der Waals surface area (Å²) in [5.41, 5.74) is 3.09. The minimum Gasteiger partial charge on any atom is -0.455 e. The van der Waals surface area contributed by atoms with Crippen molar-refractivity contribution in [3.05, 3.63) is 77.4 Å². The Bertz CT molecular complexity index is 985. The third-order valence-electron chi connectivity index (χ3n) is 4.32. The lowest BCUT2D eigenvalue weighted by Gasteiger charge is -2.12. The highest BCUT2D eigenvalue weighted by Gasteiger charge is 2.24. The molecule has 0 atom stereocenters. The van der Waals surface area contributed by atoms with E-state index in [0.29, 0.717) is 35.6 Å². The minimum atomic E-state index is 0.0960. The maximum atomic E-state index is 12.2. The Balaban J connectivity index is 1.69. The first kappa shape index (κ1) is 15.2. The number of hydrogen-bond acceptors (Lipinski definition) is 4. The fraction of sp³-hybridized carbons (Fsp3) is 0.150. The summed E-state index contributed by atoms with van der Waals surface area (Å²) in [4.78, 5) is 16.2. The number of fused-ring (bicyclic) bond motifs is 1. The fourth-order valence-electron chi connectivity index (χ4n) is 3.11. The van der Waals surface area contributed by atoms with Crippen LogP contribution in [0.4, 0.5) is 0 Å². The smallest absolute Gasteiger partial charge is 0.167 e.